The molecular weight excluding hydrogens is 224 g/mol. The van der Waals surface area contributed by atoms with E-state index in [1.54, 1.807) is 20.8 Å². The number of piperazine rings is 1. The van der Waals surface area contributed by atoms with Crippen molar-refractivity contribution in [3.8, 4) is 0 Å². The highest BCUT2D eigenvalue weighted by molar-refractivity contribution is 5.92. The summed E-state index contributed by atoms with van der Waals surface area (Å²) < 4.78 is 5.11. The van der Waals surface area contributed by atoms with E-state index in [1.807, 2.05) is 0 Å². The van der Waals surface area contributed by atoms with E-state index in [9.17, 15) is 14.4 Å². The van der Waals surface area contributed by atoms with E-state index in [0.717, 1.165) is 0 Å². The lowest BCUT2D eigenvalue weighted by Crippen LogP contribution is -2.52. The van der Waals surface area contributed by atoms with Gasteiger partial charge in [-0.2, -0.15) is 0 Å². The number of carbonyl (C=O) groups is 3. The van der Waals surface area contributed by atoms with E-state index in [4.69, 9.17) is 4.74 Å². The van der Waals surface area contributed by atoms with E-state index < -0.39 is 5.60 Å². The molecule has 1 rings (SSSR count). The van der Waals surface area contributed by atoms with Crippen LogP contribution in [0.3, 0.4) is 0 Å². The van der Waals surface area contributed by atoms with Crippen molar-refractivity contribution in [2.45, 2.75) is 32.8 Å². The SMILES string of the molecule is CC(C)(C)OC(=O)CCN1CC(=O)NCC1=O. The molecule has 0 saturated carbocycles. The minimum absolute atomic E-state index is 0.00710. The maximum atomic E-state index is 11.4. The standard InChI is InChI=1S/C11H18N2O4/c1-11(2,3)17-10(16)4-5-13-7-8(14)12-6-9(13)15/h4-7H2,1-3H3,(H,12,14). The molecule has 0 aliphatic carbocycles. The molecule has 17 heavy (non-hydrogen) atoms. The Hall–Kier alpha value is -1.59. The van der Waals surface area contributed by atoms with Crippen LogP contribution in [-0.2, 0) is 19.1 Å². The first-order valence-corrected chi connectivity index (χ1v) is 5.54. The van der Waals surface area contributed by atoms with Gasteiger partial charge in [0.05, 0.1) is 19.5 Å². The van der Waals surface area contributed by atoms with Gasteiger partial charge in [-0.3, -0.25) is 14.4 Å². The zero-order valence-corrected chi connectivity index (χ0v) is 10.4. The summed E-state index contributed by atoms with van der Waals surface area (Å²) in [5.74, 6) is -0.738. The van der Waals surface area contributed by atoms with Gasteiger partial charge in [0.2, 0.25) is 11.8 Å². The number of carbonyl (C=O) groups excluding carboxylic acids is 3. The Bertz CT molecular complexity index is 333. The average molecular weight is 242 g/mol. The summed E-state index contributed by atoms with van der Waals surface area (Å²) >= 11 is 0. The van der Waals surface area contributed by atoms with Gasteiger partial charge in [0.25, 0.3) is 0 Å². The van der Waals surface area contributed by atoms with E-state index in [0.29, 0.717) is 0 Å². The maximum Gasteiger partial charge on any atom is 0.308 e. The van der Waals surface area contributed by atoms with Crippen molar-refractivity contribution in [2.75, 3.05) is 19.6 Å². The van der Waals surface area contributed by atoms with Crippen LogP contribution in [0.4, 0.5) is 0 Å². The molecule has 1 aliphatic rings. The molecule has 6 nitrogen and oxygen atoms in total. The third-order valence-electron chi connectivity index (χ3n) is 2.13. The minimum atomic E-state index is -0.527. The zero-order chi connectivity index (χ0) is 13.1. The molecule has 96 valence electrons. The number of amides is 2. The molecule has 1 N–H and O–H groups in total. The maximum absolute atomic E-state index is 11.4. The molecule has 0 aromatic rings. The Morgan fingerprint density at radius 2 is 2.06 bits per heavy atom. The number of rotatable bonds is 3. The topological polar surface area (TPSA) is 75.7 Å². The fourth-order valence-electron chi connectivity index (χ4n) is 1.43. The highest BCUT2D eigenvalue weighted by Gasteiger charge is 2.24. The monoisotopic (exact) mass is 242 g/mol. The summed E-state index contributed by atoms with van der Waals surface area (Å²) in [6, 6.07) is 0. The minimum Gasteiger partial charge on any atom is -0.460 e. The Kier molecular flexibility index (Phi) is 4.09. The van der Waals surface area contributed by atoms with E-state index in [1.165, 1.54) is 4.90 Å². The number of esters is 1. The van der Waals surface area contributed by atoms with E-state index in [-0.39, 0.29) is 43.8 Å². The van der Waals surface area contributed by atoms with Gasteiger partial charge in [0.1, 0.15) is 5.60 Å². The zero-order valence-electron chi connectivity index (χ0n) is 10.4. The second-order valence-electron chi connectivity index (χ2n) is 4.93. The van der Waals surface area contributed by atoms with Crippen molar-refractivity contribution in [3.05, 3.63) is 0 Å². The van der Waals surface area contributed by atoms with Crippen LogP contribution in [0.5, 0.6) is 0 Å². The number of hydrogen-bond donors (Lipinski definition) is 1. The third-order valence-corrected chi connectivity index (χ3v) is 2.13. The number of ether oxygens (including phenoxy) is 1. The Labute approximate surface area is 100 Å². The first-order chi connectivity index (χ1) is 7.78. The second-order valence-corrected chi connectivity index (χ2v) is 4.93. The molecule has 2 amide bonds. The van der Waals surface area contributed by atoms with Gasteiger partial charge in [0.15, 0.2) is 0 Å². The molecule has 1 fully saturated rings. The number of nitrogens with zero attached hydrogens (tertiary/aromatic N) is 1. The average Bonchev–Trinajstić information content (AvgIpc) is 2.17. The lowest BCUT2D eigenvalue weighted by atomic mass is 10.2. The molecule has 1 aliphatic heterocycles. The first-order valence-electron chi connectivity index (χ1n) is 5.54. The summed E-state index contributed by atoms with van der Waals surface area (Å²) in [4.78, 5) is 35.3. The van der Waals surface area contributed by atoms with Gasteiger partial charge in [-0.15, -0.1) is 0 Å². The fourth-order valence-corrected chi connectivity index (χ4v) is 1.43. The Morgan fingerprint density at radius 1 is 1.41 bits per heavy atom. The van der Waals surface area contributed by atoms with Crippen molar-refractivity contribution in [3.63, 3.8) is 0 Å². The molecule has 0 aromatic heterocycles. The molecule has 0 spiro atoms. The first kappa shape index (κ1) is 13.5. The van der Waals surface area contributed by atoms with Crippen molar-refractivity contribution >= 4 is 17.8 Å². The van der Waals surface area contributed by atoms with Crippen molar-refractivity contribution in [1.29, 1.82) is 0 Å². The molecule has 6 heteroatoms. The Morgan fingerprint density at radius 3 is 2.65 bits per heavy atom. The molecule has 0 radical (unpaired) electrons. The van der Waals surface area contributed by atoms with Crippen LogP contribution in [0.15, 0.2) is 0 Å². The normalized spacial score (nSPS) is 16.8. The molecule has 1 saturated heterocycles. The van der Waals surface area contributed by atoms with Gasteiger partial charge < -0.3 is 15.0 Å². The summed E-state index contributed by atoms with van der Waals surface area (Å²) in [6.07, 6.45) is 0.107. The summed E-state index contributed by atoms with van der Waals surface area (Å²) in [5, 5.41) is 2.44. The summed E-state index contributed by atoms with van der Waals surface area (Å²) in [5.41, 5.74) is -0.527. The van der Waals surface area contributed by atoms with Gasteiger partial charge in [-0.1, -0.05) is 0 Å². The third kappa shape index (κ3) is 4.84. The Balaban J connectivity index is 2.37. The summed E-state index contributed by atoms with van der Waals surface area (Å²) in [6.45, 7) is 5.59. The second kappa shape index (κ2) is 5.16. The lowest BCUT2D eigenvalue weighted by Gasteiger charge is -2.27. The van der Waals surface area contributed by atoms with Gasteiger partial charge >= 0.3 is 5.97 Å². The van der Waals surface area contributed by atoms with Crippen LogP contribution in [0, 0.1) is 0 Å². The van der Waals surface area contributed by atoms with Crippen LogP contribution in [0.2, 0.25) is 0 Å². The fraction of sp³-hybridized carbons (Fsp3) is 0.727. The van der Waals surface area contributed by atoms with Crippen LogP contribution < -0.4 is 5.32 Å². The molecule has 0 bridgehead atoms. The number of hydrogen-bond acceptors (Lipinski definition) is 4. The van der Waals surface area contributed by atoms with E-state index >= 15 is 0 Å². The van der Waals surface area contributed by atoms with Gasteiger partial charge in [-0.05, 0) is 20.8 Å². The molecule has 1 heterocycles. The van der Waals surface area contributed by atoms with Crippen molar-refractivity contribution in [1.82, 2.24) is 10.2 Å². The molecule has 0 unspecified atom stereocenters. The predicted octanol–water partition coefficient (Wildman–Crippen LogP) is -0.323. The van der Waals surface area contributed by atoms with Gasteiger partial charge in [-0.25, -0.2) is 0 Å². The largest absolute Gasteiger partial charge is 0.460 e. The molecular formula is C11H18N2O4. The molecule has 0 atom stereocenters. The van der Waals surface area contributed by atoms with E-state index in [2.05, 4.69) is 5.32 Å². The molecule has 0 aromatic carbocycles. The van der Waals surface area contributed by atoms with Crippen molar-refractivity contribution < 1.29 is 19.1 Å². The van der Waals surface area contributed by atoms with Crippen LogP contribution in [0.25, 0.3) is 0 Å². The summed E-state index contributed by atoms with van der Waals surface area (Å²) in [7, 11) is 0. The van der Waals surface area contributed by atoms with Crippen LogP contribution in [0.1, 0.15) is 27.2 Å². The van der Waals surface area contributed by atoms with Crippen LogP contribution in [-0.4, -0.2) is 47.9 Å². The van der Waals surface area contributed by atoms with Gasteiger partial charge in [0, 0.05) is 6.54 Å². The highest BCUT2D eigenvalue weighted by Crippen LogP contribution is 2.08. The smallest absolute Gasteiger partial charge is 0.308 e. The quantitative estimate of drug-likeness (QED) is 0.688. The van der Waals surface area contributed by atoms with Crippen molar-refractivity contribution in [2.24, 2.45) is 0 Å². The number of nitrogens with one attached hydrogen (secondary N) is 1. The lowest BCUT2D eigenvalue weighted by molar-refractivity contribution is -0.156. The van der Waals surface area contributed by atoms with Crippen LogP contribution >= 0.6 is 0 Å². The predicted molar refractivity (Wildman–Crippen MR) is 60.1 cm³/mol. The highest BCUT2D eigenvalue weighted by atomic mass is 16.6.